The Morgan fingerprint density at radius 2 is 1.91 bits per heavy atom. The number of ketones is 1. The number of esters is 3. The van der Waals surface area contributed by atoms with Gasteiger partial charge in [0, 0.05) is 40.1 Å². The first-order valence-corrected chi connectivity index (χ1v) is 14.7. The molecule has 3 aliphatic carbocycles. The van der Waals surface area contributed by atoms with Gasteiger partial charge in [-0.3, -0.25) is 14.6 Å². The van der Waals surface area contributed by atoms with Crippen LogP contribution in [0.3, 0.4) is 0 Å². The molecule has 43 heavy (non-hydrogen) atoms. The quantitative estimate of drug-likeness (QED) is 0.305. The smallest absolute Gasteiger partial charge is 0.340 e. The zero-order valence-corrected chi connectivity index (χ0v) is 24.9. The summed E-state index contributed by atoms with van der Waals surface area (Å²) in [5, 5.41) is 11.5. The molecule has 10 nitrogen and oxygen atoms in total. The van der Waals surface area contributed by atoms with E-state index >= 15 is 0 Å². The van der Waals surface area contributed by atoms with Crippen LogP contribution in [0.15, 0.2) is 59.2 Å². The number of carbonyl (C=O) groups is 4. The molecule has 6 rings (SSSR count). The zero-order chi connectivity index (χ0) is 30.9. The Morgan fingerprint density at radius 3 is 2.56 bits per heavy atom. The zero-order valence-electron chi connectivity index (χ0n) is 24.9. The summed E-state index contributed by atoms with van der Waals surface area (Å²) in [6.45, 7) is 7.55. The fourth-order valence-corrected chi connectivity index (χ4v) is 9.02. The molecule has 2 saturated carbocycles. The van der Waals surface area contributed by atoms with Crippen LogP contribution in [0, 0.1) is 39.9 Å². The third-order valence-corrected chi connectivity index (χ3v) is 11.0. The Balaban J connectivity index is 1.50. The number of methoxy groups -OCH3 is 1. The van der Waals surface area contributed by atoms with E-state index in [1.54, 1.807) is 30.7 Å². The molecule has 0 aromatic carbocycles. The first kappa shape index (κ1) is 29.3. The van der Waals surface area contributed by atoms with Crippen LogP contribution in [0.25, 0.3) is 0 Å². The van der Waals surface area contributed by atoms with Crippen molar-refractivity contribution in [3.05, 3.63) is 65.9 Å². The topological polar surface area (TPSA) is 142 Å². The second-order valence-electron chi connectivity index (χ2n) is 13.5. The highest BCUT2D eigenvalue weighted by Gasteiger charge is 2.70. The molecule has 9 atom stereocenters. The molecule has 1 aliphatic heterocycles. The number of aliphatic hydroxyl groups is 1. The predicted octanol–water partition coefficient (Wildman–Crippen LogP) is 4.24. The number of pyridine rings is 1. The Labute approximate surface area is 249 Å². The standard InChI is InChI=1S/C33H37NO9/c1-31(2)25(24(36)30(39)40-5)33(4)21-8-10-32(3)22(14-23(35)42-27(32)18-9-12-41-16-18)19(21)13-20(26(33)37)28(31)43-29(38)17-7-6-11-34-15-17/h6-7,9,11-13,15-16,20-22,24-25,27-28,36H,8,10,14H2,1-5H3. The number of furan rings is 1. The number of hydrogen-bond acceptors (Lipinski definition) is 10. The van der Waals surface area contributed by atoms with Crippen molar-refractivity contribution in [3.8, 4) is 0 Å². The maximum atomic E-state index is 14.6. The fraction of sp³-hybridized carbons (Fsp3) is 0.545. The minimum Gasteiger partial charge on any atom is -0.472 e. The number of rotatable bonds is 5. The highest BCUT2D eigenvalue weighted by Crippen LogP contribution is 2.68. The molecule has 4 aliphatic rings. The van der Waals surface area contributed by atoms with E-state index in [-0.39, 0.29) is 35.6 Å². The number of allylic oxidation sites excluding steroid dienone is 1. The second-order valence-corrected chi connectivity index (χ2v) is 13.5. The molecular formula is C33H37NO9. The van der Waals surface area contributed by atoms with E-state index in [4.69, 9.17) is 18.6 Å². The number of aromatic nitrogens is 1. The van der Waals surface area contributed by atoms with Crippen molar-refractivity contribution >= 4 is 23.7 Å². The van der Waals surface area contributed by atoms with Crippen molar-refractivity contribution in [2.45, 2.75) is 65.3 Å². The van der Waals surface area contributed by atoms with Gasteiger partial charge in [0.25, 0.3) is 0 Å². The second kappa shape index (κ2) is 10.1. The third-order valence-electron chi connectivity index (χ3n) is 11.0. The van der Waals surface area contributed by atoms with Gasteiger partial charge in [-0.25, -0.2) is 9.59 Å². The van der Waals surface area contributed by atoms with Gasteiger partial charge in [-0.15, -0.1) is 0 Å². The van der Waals surface area contributed by atoms with E-state index in [0.29, 0.717) is 12.8 Å². The first-order valence-electron chi connectivity index (χ1n) is 14.7. The van der Waals surface area contributed by atoms with Crippen molar-refractivity contribution in [3.63, 3.8) is 0 Å². The summed E-state index contributed by atoms with van der Waals surface area (Å²) in [6, 6.07) is 4.98. The van der Waals surface area contributed by atoms with Crippen molar-refractivity contribution < 1.29 is 42.9 Å². The van der Waals surface area contributed by atoms with Crippen LogP contribution in [-0.4, -0.2) is 53.1 Å². The molecule has 10 heteroatoms. The highest BCUT2D eigenvalue weighted by atomic mass is 16.6. The molecule has 1 saturated heterocycles. The SMILES string of the molecule is COC(=O)C(O)C1C(C)(C)C(OC(=O)c2cccnc2)C2C=C3C4CC(=O)OC(c5ccoc5)C4(C)CCC3C1(C)C2=O. The number of carbonyl (C=O) groups excluding carboxylic acids is 4. The summed E-state index contributed by atoms with van der Waals surface area (Å²) in [5.41, 5.74) is -0.858. The van der Waals surface area contributed by atoms with Gasteiger partial charge in [-0.05, 0) is 42.9 Å². The summed E-state index contributed by atoms with van der Waals surface area (Å²) in [7, 11) is 1.19. The number of aliphatic hydroxyl groups excluding tert-OH is 1. The van der Waals surface area contributed by atoms with Crippen molar-refractivity contribution in [2.75, 3.05) is 7.11 Å². The molecule has 3 heterocycles. The van der Waals surface area contributed by atoms with Gasteiger partial charge in [-0.1, -0.05) is 39.3 Å². The third kappa shape index (κ3) is 4.20. The predicted molar refractivity (Wildman–Crippen MR) is 150 cm³/mol. The molecule has 0 spiro atoms. The van der Waals surface area contributed by atoms with Gasteiger partial charge in [0.1, 0.15) is 18.0 Å². The lowest BCUT2D eigenvalue weighted by atomic mass is 9.40. The normalized spacial score (nSPS) is 36.7. The van der Waals surface area contributed by atoms with Crippen molar-refractivity contribution in [1.82, 2.24) is 4.98 Å². The Morgan fingerprint density at radius 1 is 1.14 bits per heavy atom. The van der Waals surface area contributed by atoms with Gasteiger partial charge in [-0.2, -0.15) is 0 Å². The molecule has 2 aromatic heterocycles. The summed E-state index contributed by atoms with van der Waals surface area (Å²) < 4.78 is 22.3. The summed E-state index contributed by atoms with van der Waals surface area (Å²) in [4.78, 5) is 58.0. The molecule has 1 N–H and O–H groups in total. The number of nitrogens with zero attached hydrogens (tertiary/aromatic N) is 1. The number of cyclic esters (lactones) is 1. The minimum atomic E-state index is -1.66. The average molecular weight is 592 g/mol. The van der Waals surface area contributed by atoms with Gasteiger partial charge in [0.05, 0.1) is 37.5 Å². The molecule has 2 aromatic rings. The molecule has 0 radical (unpaired) electrons. The van der Waals surface area contributed by atoms with Gasteiger partial charge in [0.15, 0.2) is 6.10 Å². The van der Waals surface area contributed by atoms with Crippen LogP contribution >= 0.6 is 0 Å². The van der Waals surface area contributed by atoms with Crippen LogP contribution in [0.4, 0.5) is 0 Å². The Hall–Kier alpha value is -3.79. The maximum Gasteiger partial charge on any atom is 0.340 e. The lowest BCUT2D eigenvalue weighted by molar-refractivity contribution is -0.202. The molecule has 2 bridgehead atoms. The van der Waals surface area contributed by atoms with Gasteiger partial charge in [0.2, 0.25) is 0 Å². The van der Waals surface area contributed by atoms with Crippen molar-refractivity contribution in [1.29, 1.82) is 0 Å². The first-order chi connectivity index (χ1) is 20.4. The fourth-order valence-electron chi connectivity index (χ4n) is 9.02. The van der Waals surface area contributed by atoms with Crippen molar-refractivity contribution in [2.24, 2.45) is 39.9 Å². The number of ether oxygens (including phenoxy) is 3. The van der Waals surface area contributed by atoms with E-state index in [9.17, 15) is 24.3 Å². The summed E-state index contributed by atoms with van der Waals surface area (Å²) in [5.74, 6) is -4.54. The number of hydrogen-bond donors (Lipinski definition) is 1. The van der Waals surface area contributed by atoms with Crippen LogP contribution in [0.2, 0.25) is 0 Å². The monoisotopic (exact) mass is 591 g/mol. The number of Topliss-reactive ketones (excluding diaryl/α,β-unsaturated/α-hetero) is 1. The highest BCUT2D eigenvalue weighted by molar-refractivity contribution is 5.95. The summed E-state index contributed by atoms with van der Waals surface area (Å²) >= 11 is 0. The molecule has 9 unspecified atom stereocenters. The van der Waals surface area contributed by atoms with Gasteiger partial charge >= 0.3 is 17.9 Å². The Bertz CT molecular complexity index is 1480. The Kier molecular flexibility index (Phi) is 6.91. The van der Waals surface area contributed by atoms with Crippen LogP contribution in [-0.2, 0) is 28.6 Å². The molecule has 0 amide bonds. The number of fused-ring (bicyclic) bond motifs is 6. The molecular weight excluding hydrogens is 554 g/mol. The van der Waals surface area contributed by atoms with Gasteiger partial charge < -0.3 is 23.7 Å². The van der Waals surface area contributed by atoms with E-state index < -0.39 is 58.3 Å². The lowest BCUT2D eigenvalue weighted by Gasteiger charge is -2.64. The average Bonchev–Trinajstić information content (AvgIpc) is 3.52. The van der Waals surface area contributed by atoms with E-state index in [0.717, 1.165) is 11.1 Å². The summed E-state index contributed by atoms with van der Waals surface area (Å²) in [6.07, 6.45) is 6.08. The minimum absolute atomic E-state index is 0.123. The van der Waals surface area contributed by atoms with E-state index in [1.165, 1.54) is 19.5 Å². The van der Waals surface area contributed by atoms with E-state index in [1.807, 2.05) is 26.8 Å². The van der Waals surface area contributed by atoms with E-state index in [2.05, 4.69) is 11.9 Å². The van der Waals surface area contributed by atoms with Crippen LogP contribution in [0.5, 0.6) is 0 Å². The maximum absolute atomic E-state index is 14.6. The molecule has 3 fully saturated rings. The molecule has 228 valence electrons. The lowest BCUT2D eigenvalue weighted by Crippen LogP contribution is -2.69. The van der Waals surface area contributed by atoms with Crippen LogP contribution in [0.1, 0.15) is 69.0 Å². The largest absolute Gasteiger partial charge is 0.472 e. The van der Waals surface area contributed by atoms with Crippen LogP contribution < -0.4 is 0 Å².